The molecular formula is C19H28N2O4. The third-order valence-electron chi connectivity index (χ3n) is 4.96. The van der Waals surface area contributed by atoms with Gasteiger partial charge in [-0.3, -0.25) is 9.59 Å². The highest BCUT2D eigenvalue weighted by atomic mass is 16.5. The number of carboxylic acids is 1. The van der Waals surface area contributed by atoms with Crippen molar-refractivity contribution in [2.24, 2.45) is 5.41 Å². The number of carboxylic acid groups (broad SMARTS) is 1. The number of anilines is 1. The number of hydrogen-bond acceptors (Lipinski definition) is 4. The minimum absolute atomic E-state index is 0.0246. The fourth-order valence-corrected chi connectivity index (χ4v) is 3.46. The Morgan fingerprint density at radius 2 is 2.04 bits per heavy atom. The molecule has 6 nitrogen and oxygen atoms in total. The second-order valence-electron chi connectivity index (χ2n) is 6.79. The first-order chi connectivity index (χ1) is 12.0. The zero-order chi connectivity index (χ0) is 18.3. The molecule has 1 aromatic carbocycles. The Balaban J connectivity index is 2.00. The molecule has 1 N–H and O–H groups in total. The van der Waals surface area contributed by atoms with Crippen LogP contribution in [0.15, 0.2) is 30.3 Å². The smallest absolute Gasteiger partial charge is 0.311 e. The number of amides is 1. The van der Waals surface area contributed by atoms with E-state index in [-0.39, 0.29) is 19.0 Å². The summed E-state index contributed by atoms with van der Waals surface area (Å²) in [7, 11) is 3.49. The molecule has 0 saturated carbocycles. The van der Waals surface area contributed by atoms with Crippen LogP contribution in [-0.4, -0.2) is 62.3 Å². The van der Waals surface area contributed by atoms with Crippen LogP contribution in [0.1, 0.15) is 25.7 Å². The highest BCUT2D eigenvalue weighted by Gasteiger charge is 2.43. The second kappa shape index (κ2) is 8.85. The Kier molecular flexibility index (Phi) is 6.82. The number of para-hydroxylation sites is 1. The van der Waals surface area contributed by atoms with Gasteiger partial charge in [0.1, 0.15) is 0 Å². The van der Waals surface area contributed by atoms with Crippen LogP contribution in [0.5, 0.6) is 0 Å². The lowest BCUT2D eigenvalue weighted by Crippen LogP contribution is -2.52. The molecule has 0 aromatic heterocycles. The highest BCUT2D eigenvalue weighted by Crippen LogP contribution is 2.35. The summed E-state index contributed by atoms with van der Waals surface area (Å²) in [6, 6.07) is 9.71. The van der Waals surface area contributed by atoms with Crippen LogP contribution in [0.2, 0.25) is 0 Å². The van der Waals surface area contributed by atoms with Gasteiger partial charge in [-0.2, -0.15) is 0 Å². The first-order valence-electron chi connectivity index (χ1n) is 8.75. The molecule has 1 heterocycles. The number of likely N-dealkylation sites (tertiary alicyclic amines) is 1. The number of likely N-dealkylation sites (N-methyl/N-ethyl adjacent to an activating group) is 1. The van der Waals surface area contributed by atoms with Crippen molar-refractivity contribution in [3.8, 4) is 0 Å². The van der Waals surface area contributed by atoms with Crippen molar-refractivity contribution in [1.82, 2.24) is 4.90 Å². The molecule has 1 aliphatic heterocycles. The van der Waals surface area contributed by atoms with E-state index in [0.29, 0.717) is 32.4 Å². The SMILES string of the molecule is COCCCC1(C(=O)O)CCCN(C(=O)CN(C)c2ccccc2)C1. The molecule has 1 atom stereocenters. The molecule has 25 heavy (non-hydrogen) atoms. The van der Waals surface area contributed by atoms with Crippen LogP contribution < -0.4 is 4.90 Å². The molecule has 138 valence electrons. The number of hydrogen-bond donors (Lipinski definition) is 1. The van der Waals surface area contributed by atoms with E-state index in [1.165, 1.54) is 0 Å². The molecule has 1 aliphatic rings. The molecule has 0 aliphatic carbocycles. The lowest BCUT2D eigenvalue weighted by molar-refractivity contribution is -0.155. The van der Waals surface area contributed by atoms with Crippen molar-refractivity contribution >= 4 is 17.6 Å². The fourth-order valence-electron chi connectivity index (χ4n) is 3.46. The van der Waals surface area contributed by atoms with Gasteiger partial charge in [0.15, 0.2) is 0 Å². The Morgan fingerprint density at radius 3 is 2.68 bits per heavy atom. The van der Waals surface area contributed by atoms with Gasteiger partial charge in [-0.25, -0.2) is 0 Å². The third kappa shape index (κ3) is 4.95. The minimum Gasteiger partial charge on any atom is -0.481 e. The quantitative estimate of drug-likeness (QED) is 0.730. The molecule has 1 fully saturated rings. The number of rotatable bonds is 8. The maximum Gasteiger partial charge on any atom is 0.311 e. The predicted molar refractivity (Wildman–Crippen MR) is 96.7 cm³/mol. The zero-order valence-electron chi connectivity index (χ0n) is 15.1. The number of ether oxygens (including phenoxy) is 1. The number of benzene rings is 1. The van der Waals surface area contributed by atoms with Crippen LogP contribution in [-0.2, 0) is 14.3 Å². The Labute approximate surface area is 149 Å². The molecular weight excluding hydrogens is 320 g/mol. The lowest BCUT2D eigenvalue weighted by Gasteiger charge is -2.40. The number of carbonyl (C=O) groups excluding carboxylic acids is 1. The van der Waals surface area contributed by atoms with E-state index in [2.05, 4.69) is 0 Å². The van der Waals surface area contributed by atoms with Crippen LogP contribution in [0.3, 0.4) is 0 Å². The Bertz CT molecular complexity index is 578. The molecule has 6 heteroatoms. The maximum absolute atomic E-state index is 12.7. The molecule has 1 amide bonds. The van der Waals surface area contributed by atoms with E-state index in [0.717, 1.165) is 12.1 Å². The number of piperidine rings is 1. The first kappa shape index (κ1) is 19.2. The maximum atomic E-state index is 12.7. The van der Waals surface area contributed by atoms with Crippen molar-refractivity contribution in [3.05, 3.63) is 30.3 Å². The average molecular weight is 348 g/mol. The minimum atomic E-state index is -0.849. The zero-order valence-corrected chi connectivity index (χ0v) is 15.1. The van der Waals surface area contributed by atoms with Crippen molar-refractivity contribution in [1.29, 1.82) is 0 Å². The largest absolute Gasteiger partial charge is 0.481 e. The summed E-state index contributed by atoms with van der Waals surface area (Å²) in [6.45, 7) is 1.70. The standard InChI is InChI=1S/C19H28N2O4/c1-20(16-8-4-3-5-9-16)14-17(22)21-12-6-10-19(15-21,18(23)24)11-7-13-25-2/h3-5,8-9H,6-7,10-15H2,1-2H3,(H,23,24). The van der Waals surface area contributed by atoms with E-state index in [1.807, 2.05) is 42.3 Å². The van der Waals surface area contributed by atoms with Gasteiger partial charge >= 0.3 is 5.97 Å². The Morgan fingerprint density at radius 1 is 1.32 bits per heavy atom. The summed E-state index contributed by atoms with van der Waals surface area (Å²) >= 11 is 0. The first-order valence-corrected chi connectivity index (χ1v) is 8.75. The summed E-state index contributed by atoms with van der Waals surface area (Å²) in [5.41, 5.74) is 0.120. The van der Waals surface area contributed by atoms with E-state index in [4.69, 9.17) is 4.74 Å². The number of methoxy groups -OCH3 is 1. The molecule has 0 spiro atoms. The van der Waals surface area contributed by atoms with Crippen molar-refractivity contribution in [2.45, 2.75) is 25.7 Å². The summed E-state index contributed by atoms with van der Waals surface area (Å²) in [6.07, 6.45) is 2.56. The molecule has 1 aromatic rings. The molecule has 1 unspecified atom stereocenters. The molecule has 2 rings (SSSR count). The van der Waals surface area contributed by atoms with E-state index >= 15 is 0 Å². The van der Waals surface area contributed by atoms with Crippen LogP contribution in [0.4, 0.5) is 5.69 Å². The number of aliphatic carboxylic acids is 1. The molecule has 1 saturated heterocycles. The lowest BCUT2D eigenvalue weighted by atomic mass is 9.76. The van der Waals surface area contributed by atoms with Gasteiger partial charge in [-0.1, -0.05) is 18.2 Å². The predicted octanol–water partition coefficient (Wildman–Crippen LogP) is 2.24. The summed E-state index contributed by atoms with van der Waals surface area (Å²) in [5.74, 6) is -0.832. The normalized spacial score (nSPS) is 20.3. The summed E-state index contributed by atoms with van der Waals surface area (Å²) in [4.78, 5) is 28.2. The number of carbonyl (C=O) groups is 2. The van der Waals surface area contributed by atoms with Crippen LogP contribution in [0.25, 0.3) is 0 Å². The highest BCUT2D eigenvalue weighted by molar-refractivity contribution is 5.83. The van der Waals surface area contributed by atoms with E-state index in [1.54, 1.807) is 12.0 Å². The summed E-state index contributed by atoms with van der Waals surface area (Å²) < 4.78 is 5.05. The van der Waals surface area contributed by atoms with E-state index < -0.39 is 11.4 Å². The van der Waals surface area contributed by atoms with Crippen molar-refractivity contribution < 1.29 is 19.4 Å². The van der Waals surface area contributed by atoms with Crippen molar-refractivity contribution in [2.75, 3.05) is 45.3 Å². The van der Waals surface area contributed by atoms with E-state index in [9.17, 15) is 14.7 Å². The van der Waals surface area contributed by atoms with Gasteiger partial charge in [0.25, 0.3) is 0 Å². The van der Waals surface area contributed by atoms with Gasteiger partial charge < -0.3 is 19.6 Å². The van der Waals surface area contributed by atoms with Gasteiger partial charge in [0.2, 0.25) is 5.91 Å². The van der Waals surface area contributed by atoms with Gasteiger partial charge in [0.05, 0.1) is 12.0 Å². The number of nitrogens with zero attached hydrogens (tertiary/aromatic N) is 2. The van der Waals surface area contributed by atoms with Gasteiger partial charge in [0, 0.05) is 39.5 Å². The second-order valence-corrected chi connectivity index (χ2v) is 6.79. The van der Waals surface area contributed by atoms with Crippen molar-refractivity contribution in [3.63, 3.8) is 0 Å². The topological polar surface area (TPSA) is 70.1 Å². The molecule has 0 bridgehead atoms. The average Bonchev–Trinajstić information content (AvgIpc) is 2.62. The monoisotopic (exact) mass is 348 g/mol. The summed E-state index contributed by atoms with van der Waals surface area (Å²) in [5, 5.41) is 9.76. The van der Waals surface area contributed by atoms with Gasteiger partial charge in [-0.15, -0.1) is 0 Å². The third-order valence-corrected chi connectivity index (χ3v) is 4.96. The van der Waals surface area contributed by atoms with Gasteiger partial charge in [-0.05, 0) is 37.8 Å². The fraction of sp³-hybridized carbons (Fsp3) is 0.579. The Hall–Kier alpha value is -2.08. The molecule has 0 radical (unpaired) electrons. The van der Waals surface area contributed by atoms with Crippen LogP contribution in [0, 0.1) is 5.41 Å². The van der Waals surface area contributed by atoms with Crippen LogP contribution >= 0.6 is 0 Å².